The second-order valence-electron chi connectivity index (χ2n) is 3.33. The number of carbonyl (C=O) groups is 1. The summed E-state index contributed by atoms with van der Waals surface area (Å²) in [5, 5.41) is 0. The molecule has 0 aromatic carbocycles. The van der Waals surface area contributed by atoms with Crippen LogP contribution in [0.5, 0.6) is 0 Å². The van der Waals surface area contributed by atoms with Gasteiger partial charge in [0.25, 0.3) is 0 Å². The molecule has 3 heteroatoms. The second kappa shape index (κ2) is 1.28. The summed E-state index contributed by atoms with van der Waals surface area (Å²) in [5.74, 6) is -0.0824. The van der Waals surface area contributed by atoms with Gasteiger partial charge in [-0.25, -0.2) is 0 Å². The standard InChI is InChI=1S/C6H8INO/c7-6-1-5(2-6,3-6)4(8)9/h1-3H2,(H2,8,9). The van der Waals surface area contributed by atoms with Crippen molar-refractivity contribution in [3.63, 3.8) is 0 Å². The van der Waals surface area contributed by atoms with E-state index in [2.05, 4.69) is 22.6 Å². The van der Waals surface area contributed by atoms with Crippen LogP contribution in [0.2, 0.25) is 0 Å². The molecule has 0 atom stereocenters. The molecular formula is C6H8INO. The molecule has 0 saturated heterocycles. The van der Waals surface area contributed by atoms with E-state index in [-0.39, 0.29) is 11.3 Å². The van der Waals surface area contributed by atoms with E-state index in [1.165, 1.54) is 0 Å². The highest BCUT2D eigenvalue weighted by Crippen LogP contribution is 2.71. The summed E-state index contributed by atoms with van der Waals surface area (Å²) in [4.78, 5) is 10.7. The van der Waals surface area contributed by atoms with Crippen molar-refractivity contribution in [3.8, 4) is 0 Å². The Bertz CT molecular complexity index is 170. The molecule has 2 nitrogen and oxygen atoms in total. The van der Waals surface area contributed by atoms with Crippen LogP contribution in [0.25, 0.3) is 0 Å². The number of hydrogen-bond donors (Lipinski definition) is 1. The first-order chi connectivity index (χ1) is 4.06. The summed E-state index contributed by atoms with van der Waals surface area (Å²) in [6, 6.07) is 0. The average Bonchev–Trinajstić information content (AvgIpc) is 1.54. The van der Waals surface area contributed by atoms with Crippen LogP contribution >= 0.6 is 22.6 Å². The molecule has 3 saturated carbocycles. The summed E-state index contributed by atoms with van der Waals surface area (Å²) in [6.07, 6.45) is 3.11. The third-order valence-electron chi connectivity index (χ3n) is 2.49. The molecule has 0 radical (unpaired) electrons. The van der Waals surface area contributed by atoms with Gasteiger partial charge in [-0.2, -0.15) is 0 Å². The average molecular weight is 237 g/mol. The number of primary amides is 1. The molecule has 9 heavy (non-hydrogen) atoms. The third kappa shape index (κ3) is 0.538. The first-order valence-corrected chi connectivity index (χ1v) is 4.13. The molecule has 3 rings (SSSR count). The summed E-state index contributed by atoms with van der Waals surface area (Å²) in [7, 11) is 0. The first-order valence-electron chi connectivity index (χ1n) is 3.05. The summed E-state index contributed by atoms with van der Waals surface area (Å²) < 4.78 is 0.479. The quantitative estimate of drug-likeness (QED) is 0.532. The third-order valence-corrected chi connectivity index (χ3v) is 3.63. The number of hydrogen-bond acceptors (Lipinski definition) is 1. The Kier molecular flexibility index (Phi) is 0.848. The lowest BCUT2D eigenvalue weighted by Gasteiger charge is -2.66. The van der Waals surface area contributed by atoms with E-state index in [0.717, 1.165) is 19.3 Å². The first kappa shape index (κ1) is 5.95. The fourth-order valence-electron chi connectivity index (χ4n) is 1.93. The Morgan fingerprint density at radius 2 is 1.89 bits per heavy atom. The van der Waals surface area contributed by atoms with Crippen LogP contribution in [-0.2, 0) is 4.79 Å². The maximum absolute atomic E-state index is 10.7. The molecule has 0 aliphatic heterocycles. The molecule has 3 aliphatic carbocycles. The van der Waals surface area contributed by atoms with Crippen molar-refractivity contribution in [3.05, 3.63) is 0 Å². The number of nitrogens with two attached hydrogens (primary N) is 1. The molecule has 2 bridgehead atoms. The molecule has 3 fully saturated rings. The molecule has 50 valence electrons. The Morgan fingerprint density at radius 3 is 2.00 bits per heavy atom. The number of amides is 1. The molecule has 0 heterocycles. The topological polar surface area (TPSA) is 43.1 Å². The molecule has 3 aliphatic rings. The van der Waals surface area contributed by atoms with Crippen LogP contribution in [0, 0.1) is 5.41 Å². The molecule has 2 N–H and O–H groups in total. The predicted molar refractivity (Wildman–Crippen MR) is 42.2 cm³/mol. The Balaban J connectivity index is 2.13. The number of rotatable bonds is 1. The molecule has 0 aromatic rings. The van der Waals surface area contributed by atoms with Crippen molar-refractivity contribution in [2.75, 3.05) is 0 Å². The van der Waals surface area contributed by atoms with Gasteiger partial charge in [-0.3, -0.25) is 4.79 Å². The molecule has 1 amide bonds. The number of alkyl halides is 1. The molecule has 0 aromatic heterocycles. The van der Waals surface area contributed by atoms with Crippen LogP contribution in [0.1, 0.15) is 19.3 Å². The highest BCUT2D eigenvalue weighted by atomic mass is 127. The van der Waals surface area contributed by atoms with Gasteiger partial charge in [0.15, 0.2) is 0 Å². The van der Waals surface area contributed by atoms with E-state index < -0.39 is 0 Å². The zero-order valence-electron chi connectivity index (χ0n) is 4.98. The number of halogens is 1. The van der Waals surface area contributed by atoms with Crippen molar-refractivity contribution in [2.24, 2.45) is 11.1 Å². The van der Waals surface area contributed by atoms with E-state index in [1.807, 2.05) is 0 Å². The summed E-state index contributed by atoms with van der Waals surface area (Å²) >= 11 is 2.43. The van der Waals surface area contributed by atoms with Gasteiger partial charge in [0.05, 0.1) is 5.41 Å². The lowest BCUT2D eigenvalue weighted by molar-refractivity contribution is -0.151. The van der Waals surface area contributed by atoms with Crippen LogP contribution in [-0.4, -0.2) is 9.33 Å². The van der Waals surface area contributed by atoms with Crippen LogP contribution < -0.4 is 5.73 Å². The summed E-state index contributed by atoms with van der Waals surface area (Å²) in [6.45, 7) is 0. The lowest BCUT2D eigenvalue weighted by atomic mass is 9.44. The van der Waals surface area contributed by atoms with Crippen LogP contribution in [0.15, 0.2) is 0 Å². The van der Waals surface area contributed by atoms with Crippen molar-refractivity contribution in [1.29, 1.82) is 0 Å². The normalized spacial score (nSPS) is 53.4. The monoisotopic (exact) mass is 237 g/mol. The smallest absolute Gasteiger partial charge is 0.223 e. The Hall–Kier alpha value is 0.200. The van der Waals surface area contributed by atoms with Crippen molar-refractivity contribution >= 4 is 28.5 Å². The highest BCUT2D eigenvalue weighted by molar-refractivity contribution is 14.1. The van der Waals surface area contributed by atoms with Gasteiger partial charge in [-0.05, 0) is 19.3 Å². The molecule has 0 spiro atoms. The fourth-order valence-corrected chi connectivity index (χ4v) is 4.12. The Morgan fingerprint density at radius 1 is 1.44 bits per heavy atom. The largest absolute Gasteiger partial charge is 0.369 e. The maximum Gasteiger partial charge on any atom is 0.223 e. The Labute approximate surface area is 67.3 Å². The molecule has 0 unspecified atom stereocenters. The van der Waals surface area contributed by atoms with Gasteiger partial charge < -0.3 is 5.73 Å². The summed E-state index contributed by atoms with van der Waals surface area (Å²) in [5.41, 5.74) is 5.15. The zero-order chi connectivity index (χ0) is 6.70. The van der Waals surface area contributed by atoms with Crippen LogP contribution in [0.4, 0.5) is 0 Å². The van der Waals surface area contributed by atoms with E-state index in [4.69, 9.17) is 5.73 Å². The SMILES string of the molecule is NC(=O)C12CC(I)(C1)C2. The van der Waals surface area contributed by atoms with Crippen molar-refractivity contribution in [2.45, 2.75) is 22.7 Å². The molecular weight excluding hydrogens is 229 g/mol. The van der Waals surface area contributed by atoms with Gasteiger partial charge >= 0.3 is 0 Å². The highest BCUT2D eigenvalue weighted by Gasteiger charge is 2.69. The van der Waals surface area contributed by atoms with Gasteiger partial charge in [-0.1, -0.05) is 22.6 Å². The minimum atomic E-state index is -0.0824. The van der Waals surface area contributed by atoms with E-state index >= 15 is 0 Å². The number of carbonyl (C=O) groups excluding carboxylic acids is 1. The maximum atomic E-state index is 10.7. The lowest BCUT2D eigenvalue weighted by Crippen LogP contribution is -2.68. The zero-order valence-corrected chi connectivity index (χ0v) is 7.14. The van der Waals surface area contributed by atoms with E-state index in [9.17, 15) is 4.79 Å². The minimum Gasteiger partial charge on any atom is -0.369 e. The van der Waals surface area contributed by atoms with Gasteiger partial charge in [-0.15, -0.1) is 0 Å². The van der Waals surface area contributed by atoms with Crippen molar-refractivity contribution in [1.82, 2.24) is 0 Å². The van der Waals surface area contributed by atoms with Gasteiger partial charge in [0.2, 0.25) is 5.91 Å². The fraction of sp³-hybridized carbons (Fsp3) is 0.833. The second-order valence-corrected chi connectivity index (χ2v) is 5.61. The van der Waals surface area contributed by atoms with Gasteiger partial charge in [0.1, 0.15) is 0 Å². The van der Waals surface area contributed by atoms with Gasteiger partial charge in [0, 0.05) is 3.42 Å². The predicted octanol–water partition coefficient (Wildman–Crippen LogP) is 0.829. The van der Waals surface area contributed by atoms with Crippen LogP contribution in [0.3, 0.4) is 0 Å². The van der Waals surface area contributed by atoms with E-state index in [1.54, 1.807) is 0 Å². The van der Waals surface area contributed by atoms with Crippen molar-refractivity contribution < 1.29 is 4.79 Å². The minimum absolute atomic E-state index is 0.0405. The van der Waals surface area contributed by atoms with E-state index in [0.29, 0.717) is 3.42 Å².